The van der Waals surface area contributed by atoms with Gasteiger partial charge in [-0.1, -0.05) is 6.07 Å². The molecule has 0 spiro atoms. The zero-order chi connectivity index (χ0) is 14.1. The first-order valence-corrected chi connectivity index (χ1v) is 7.44. The highest BCUT2D eigenvalue weighted by atomic mass is 16.2. The SMILES string of the molecule is CC(=O)N1CCN(c2ccc3c(c2)CCN(C)C3)CC1. The molecule has 4 heteroatoms. The second kappa shape index (κ2) is 5.44. The van der Waals surface area contributed by atoms with Crippen molar-refractivity contribution >= 4 is 11.6 Å². The highest BCUT2D eigenvalue weighted by Gasteiger charge is 2.20. The normalized spacial score (nSPS) is 19.9. The van der Waals surface area contributed by atoms with Gasteiger partial charge in [0.25, 0.3) is 0 Å². The van der Waals surface area contributed by atoms with Gasteiger partial charge in [-0.25, -0.2) is 0 Å². The van der Waals surface area contributed by atoms with E-state index in [1.54, 1.807) is 6.92 Å². The van der Waals surface area contributed by atoms with Gasteiger partial charge in [0.05, 0.1) is 0 Å². The van der Waals surface area contributed by atoms with Crippen LogP contribution in [0.1, 0.15) is 18.1 Å². The smallest absolute Gasteiger partial charge is 0.219 e. The van der Waals surface area contributed by atoms with Gasteiger partial charge >= 0.3 is 0 Å². The molecule has 1 aromatic rings. The number of piperazine rings is 1. The van der Waals surface area contributed by atoms with E-state index in [0.29, 0.717) is 0 Å². The molecular weight excluding hydrogens is 250 g/mol. The number of amides is 1. The highest BCUT2D eigenvalue weighted by molar-refractivity contribution is 5.73. The third-order valence-corrected chi connectivity index (χ3v) is 4.48. The topological polar surface area (TPSA) is 26.8 Å². The van der Waals surface area contributed by atoms with Crippen LogP contribution in [0.4, 0.5) is 5.69 Å². The number of hydrogen-bond donors (Lipinski definition) is 0. The number of nitrogens with zero attached hydrogens (tertiary/aromatic N) is 3. The number of hydrogen-bond acceptors (Lipinski definition) is 3. The second-order valence-electron chi connectivity index (χ2n) is 5.93. The molecule has 4 nitrogen and oxygen atoms in total. The van der Waals surface area contributed by atoms with Gasteiger partial charge in [0.1, 0.15) is 0 Å². The van der Waals surface area contributed by atoms with Gasteiger partial charge in [0, 0.05) is 51.9 Å². The maximum absolute atomic E-state index is 11.4. The fourth-order valence-electron chi connectivity index (χ4n) is 3.16. The molecule has 3 rings (SSSR count). The molecular formula is C16H23N3O. The molecule has 0 saturated carbocycles. The second-order valence-corrected chi connectivity index (χ2v) is 5.93. The van der Waals surface area contributed by atoms with Crippen molar-refractivity contribution in [2.24, 2.45) is 0 Å². The summed E-state index contributed by atoms with van der Waals surface area (Å²) in [5, 5.41) is 0. The number of likely N-dealkylation sites (N-methyl/N-ethyl adjacent to an activating group) is 1. The Morgan fingerprint density at radius 2 is 1.80 bits per heavy atom. The van der Waals surface area contributed by atoms with Crippen molar-refractivity contribution in [1.82, 2.24) is 9.80 Å². The van der Waals surface area contributed by atoms with Gasteiger partial charge in [-0.05, 0) is 36.7 Å². The number of carbonyl (C=O) groups is 1. The molecule has 1 fully saturated rings. The zero-order valence-corrected chi connectivity index (χ0v) is 12.4. The summed E-state index contributed by atoms with van der Waals surface area (Å²) in [6.45, 7) is 7.44. The third-order valence-electron chi connectivity index (χ3n) is 4.48. The molecule has 0 radical (unpaired) electrons. The number of rotatable bonds is 1. The lowest BCUT2D eigenvalue weighted by Crippen LogP contribution is -2.48. The monoisotopic (exact) mass is 273 g/mol. The quantitative estimate of drug-likeness (QED) is 0.772. The van der Waals surface area contributed by atoms with E-state index in [4.69, 9.17) is 0 Å². The van der Waals surface area contributed by atoms with E-state index in [-0.39, 0.29) is 5.91 Å². The van der Waals surface area contributed by atoms with Crippen molar-refractivity contribution in [2.75, 3.05) is 44.7 Å². The van der Waals surface area contributed by atoms with Crippen molar-refractivity contribution in [3.63, 3.8) is 0 Å². The van der Waals surface area contributed by atoms with Crippen LogP contribution in [0.5, 0.6) is 0 Å². The van der Waals surface area contributed by atoms with Gasteiger partial charge < -0.3 is 14.7 Å². The first-order valence-electron chi connectivity index (χ1n) is 7.44. The largest absolute Gasteiger partial charge is 0.368 e. The molecule has 0 unspecified atom stereocenters. The standard InChI is InChI=1S/C16H23N3O/c1-13(20)18-7-9-19(10-8-18)16-4-3-15-12-17(2)6-5-14(15)11-16/h3-4,11H,5-10,12H2,1-2H3. The number of fused-ring (bicyclic) bond motifs is 1. The summed E-state index contributed by atoms with van der Waals surface area (Å²) in [6, 6.07) is 6.87. The molecule has 1 saturated heterocycles. The van der Waals surface area contributed by atoms with E-state index in [0.717, 1.165) is 45.7 Å². The molecule has 0 N–H and O–H groups in total. The van der Waals surface area contributed by atoms with E-state index < -0.39 is 0 Å². The molecule has 0 aromatic heterocycles. The van der Waals surface area contributed by atoms with E-state index in [1.807, 2.05) is 4.90 Å². The first kappa shape index (κ1) is 13.4. The van der Waals surface area contributed by atoms with Crippen molar-refractivity contribution in [1.29, 1.82) is 0 Å². The maximum Gasteiger partial charge on any atom is 0.219 e. The molecule has 108 valence electrons. The van der Waals surface area contributed by atoms with E-state index in [9.17, 15) is 4.79 Å². The predicted molar refractivity (Wildman–Crippen MR) is 80.9 cm³/mol. The number of carbonyl (C=O) groups excluding carboxylic acids is 1. The summed E-state index contributed by atoms with van der Waals surface area (Å²) in [6.07, 6.45) is 1.15. The lowest BCUT2D eigenvalue weighted by atomic mass is 9.99. The Morgan fingerprint density at radius 3 is 2.50 bits per heavy atom. The van der Waals surface area contributed by atoms with E-state index in [1.165, 1.54) is 16.8 Å². The van der Waals surface area contributed by atoms with Crippen LogP contribution < -0.4 is 4.90 Å². The predicted octanol–water partition coefficient (Wildman–Crippen LogP) is 1.34. The first-order chi connectivity index (χ1) is 9.63. The lowest BCUT2D eigenvalue weighted by Gasteiger charge is -2.36. The van der Waals surface area contributed by atoms with Crippen LogP contribution in [0, 0.1) is 0 Å². The van der Waals surface area contributed by atoms with Gasteiger partial charge in [0.15, 0.2) is 0 Å². The van der Waals surface area contributed by atoms with E-state index in [2.05, 4.69) is 35.0 Å². The van der Waals surface area contributed by atoms with Crippen LogP contribution in [0.15, 0.2) is 18.2 Å². The minimum Gasteiger partial charge on any atom is -0.368 e. The Balaban J connectivity index is 1.71. The minimum atomic E-state index is 0.193. The van der Waals surface area contributed by atoms with Crippen LogP contribution >= 0.6 is 0 Å². The molecule has 2 aliphatic heterocycles. The number of benzene rings is 1. The third kappa shape index (κ3) is 2.66. The Labute approximate surface area is 121 Å². The Kier molecular flexibility index (Phi) is 3.66. The maximum atomic E-state index is 11.4. The van der Waals surface area contributed by atoms with Crippen LogP contribution in [0.3, 0.4) is 0 Å². The van der Waals surface area contributed by atoms with Gasteiger partial charge in [-0.15, -0.1) is 0 Å². The summed E-state index contributed by atoms with van der Waals surface area (Å²) < 4.78 is 0. The lowest BCUT2D eigenvalue weighted by molar-refractivity contribution is -0.129. The molecule has 0 bridgehead atoms. The summed E-state index contributed by atoms with van der Waals surface area (Å²) in [7, 11) is 2.18. The molecule has 0 atom stereocenters. The average Bonchev–Trinajstić information content (AvgIpc) is 2.47. The summed E-state index contributed by atoms with van der Waals surface area (Å²) in [5.74, 6) is 0.193. The summed E-state index contributed by atoms with van der Waals surface area (Å²) >= 11 is 0. The van der Waals surface area contributed by atoms with Crippen LogP contribution in [0.25, 0.3) is 0 Å². The summed E-state index contributed by atoms with van der Waals surface area (Å²) in [4.78, 5) is 18.1. The molecule has 20 heavy (non-hydrogen) atoms. The van der Waals surface area contributed by atoms with Crippen molar-refractivity contribution in [2.45, 2.75) is 19.9 Å². The fourth-order valence-corrected chi connectivity index (χ4v) is 3.16. The van der Waals surface area contributed by atoms with Crippen molar-refractivity contribution < 1.29 is 4.79 Å². The fraction of sp³-hybridized carbons (Fsp3) is 0.562. The average molecular weight is 273 g/mol. The van der Waals surface area contributed by atoms with Crippen LogP contribution in [-0.4, -0.2) is 55.5 Å². The number of anilines is 1. The zero-order valence-electron chi connectivity index (χ0n) is 12.4. The highest BCUT2D eigenvalue weighted by Crippen LogP contribution is 2.25. The van der Waals surface area contributed by atoms with Crippen molar-refractivity contribution in [3.05, 3.63) is 29.3 Å². The molecule has 0 aliphatic carbocycles. The van der Waals surface area contributed by atoms with E-state index >= 15 is 0 Å². The Bertz CT molecular complexity index is 506. The molecule has 2 heterocycles. The molecule has 1 amide bonds. The van der Waals surface area contributed by atoms with Gasteiger partial charge in [0.2, 0.25) is 5.91 Å². The Morgan fingerprint density at radius 1 is 1.05 bits per heavy atom. The molecule has 2 aliphatic rings. The summed E-state index contributed by atoms with van der Waals surface area (Å²) in [5.41, 5.74) is 4.27. The van der Waals surface area contributed by atoms with Crippen LogP contribution in [0.2, 0.25) is 0 Å². The molecule has 1 aromatic carbocycles. The Hall–Kier alpha value is -1.55. The van der Waals surface area contributed by atoms with Gasteiger partial charge in [-0.3, -0.25) is 4.79 Å². The van der Waals surface area contributed by atoms with Crippen LogP contribution in [-0.2, 0) is 17.8 Å². The minimum absolute atomic E-state index is 0.193. The van der Waals surface area contributed by atoms with Gasteiger partial charge in [-0.2, -0.15) is 0 Å². The van der Waals surface area contributed by atoms with Crippen molar-refractivity contribution in [3.8, 4) is 0 Å².